The molecule has 0 saturated carbocycles. The molecule has 1 aliphatic rings. The predicted octanol–water partition coefficient (Wildman–Crippen LogP) is 2.37. The van der Waals surface area contributed by atoms with Gasteiger partial charge in [0.25, 0.3) is 5.91 Å². The first kappa shape index (κ1) is 17.9. The molecule has 1 unspecified atom stereocenters. The number of nitrogens with zero attached hydrogens (tertiary/aromatic N) is 1. The first-order valence-electron chi connectivity index (χ1n) is 8.57. The predicted molar refractivity (Wildman–Crippen MR) is 94.9 cm³/mol. The number of ether oxygens (including phenoxy) is 1. The van der Waals surface area contributed by atoms with Crippen molar-refractivity contribution in [2.75, 3.05) is 19.7 Å². The molecular formula is C20H21FN2O3. The lowest BCUT2D eigenvalue weighted by Crippen LogP contribution is -2.34. The van der Waals surface area contributed by atoms with Crippen molar-refractivity contribution >= 4 is 11.8 Å². The third kappa shape index (κ3) is 4.81. The van der Waals surface area contributed by atoms with Gasteiger partial charge in [-0.25, -0.2) is 4.39 Å². The molecule has 3 rings (SSSR count). The average Bonchev–Trinajstić information content (AvgIpc) is 3.00. The second-order valence-corrected chi connectivity index (χ2v) is 6.35. The number of likely N-dealkylation sites (tertiary alicyclic amines) is 1. The maximum absolute atomic E-state index is 13.4. The highest BCUT2D eigenvalue weighted by Crippen LogP contribution is 2.19. The van der Waals surface area contributed by atoms with Crippen LogP contribution in [0.25, 0.3) is 0 Å². The van der Waals surface area contributed by atoms with Crippen molar-refractivity contribution in [3.8, 4) is 5.75 Å². The Morgan fingerprint density at radius 3 is 2.65 bits per heavy atom. The number of halogens is 1. The van der Waals surface area contributed by atoms with Crippen molar-refractivity contribution in [3.63, 3.8) is 0 Å². The summed E-state index contributed by atoms with van der Waals surface area (Å²) in [6.45, 7) is 1.34. The first-order chi connectivity index (χ1) is 12.6. The second kappa shape index (κ2) is 8.47. The number of carbonyl (C=O) groups excluding carboxylic acids is 2. The van der Waals surface area contributed by atoms with Crippen LogP contribution in [-0.4, -0.2) is 36.4 Å². The largest absolute Gasteiger partial charge is 0.481 e. The van der Waals surface area contributed by atoms with E-state index in [0.717, 1.165) is 5.56 Å². The summed E-state index contributed by atoms with van der Waals surface area (Å²) in [6.07, 6.45) is 0.418. The van der Waals surface area contributed by atoms with E-state index in [4.69, 9.17) is 4.74 Å². The minimum Gasteiger partial charge on any atom is -0.481 e. The van der Waals surface area contributed by atoms with Crippen molar-refractivity contribution in [3.05, 3.63) is 66.0 Å². The zero-order valence-electron chi connectivity index (χ0n) is 14.4. The van der Waals surface area contributed by atoms with E-state index < -0.39 is 5.82 Å². The van der Waals surface area contributed by atoms with Gasteiger partial charge in [0.05, 0.1) is 0 Å². The summed E-state index contributed by atoms with van der Waals surface area (Å²) in [5.41, 5.74) is 1.09. The maximum atomic E-state index is 13.4. The molecule has 26 heavy (non-hydrogen) atoms. The van der Waals surface area contributed by atoms with Crippen molar-refractivity contribution in [1.82, 2.24) is 10.2 Å². The smallest absolute Gasteiger partial charge is 0.257 e. The molecule has 0 bridgehead atoms. The Morgan fingerprint density at radius 1 is 1.15 bits per heavy atom. The van der Waals surface area contributed by atoms with Gasteiger partial charge in [-0.05, 0) is 17.7 Å². The molecule has 2 aromatic rings. The number of para-hydroxylation sites is 1. The van der Waals surface area contributed by atoms with Crippen LogP contribution < -0.4 is 10.1 Å². The average molecular weight is 356 g/mol. The molecule has 6 heteroatoms. The molecule has 1 saturated heterocycles. The highest BCUT2D eigenvalue weighted by molar-refractivity contribution is 5.79. The van der Waals surface area contributed by atoms with Crippen LogP contribution in [0.5, 0.6) is 5.75 Å². The van der Waals surface area contributed by atoms with Crippen LogP contribution in [0.2, 0.25) is 0 Å². The summed E-state index contributed by atoms with van der Waals surface area (Å²) < 4.78 is 18.6. The summed E-state index contributed by atoms with van der Waals surface area (Å²) in [7, 11) is 0. The molecule has 5 nitrogen and oxygen atoms in total. The molecule has 0 aromatic heterocycles. The molecule has 1 N–H and O–H groups in total. The number of benzene rings is 2. The molecule has 0 aliphatic carbocycles. The van der Waals surface area contributed by atoms with E-state index in [1.165, 1.54) is 12.1 Å². The van der Waals surface area contributed by atoms with Gasteiger partial charge in [-0.15, -0.1) is 0 Å². The first-order valence-corrected chi connectivity index (χ1v) is 8.57. The molecule has 2 amide bonds. The van der Waals surface area contributed by atoms with Crippen LogP contribution in [0, 0.1) is 11.7 Å². The summed E-state index contributed by atoms with van der Waals surface area (Å²) >= 11 is 0. The van der Waals surface area contributed by atoms with E-state index in [2.05, 4.69) is 5.32 Å². The highest BCUT2D eigenvalue weighted by atomic mass is 19.1. The minimum atomic E-state index is -0.502. The number of hydrogen-bond donors (Lipinski definition) is 1. The fourth-order valence-electron chi connectivity index (χ4n) is 2.96. The lowest BCUT2D eigenvalue weighted by molar-refractivity contribution is -0.128. The standard InChI is InChI=1S/C20H21FN2O3/c21-17-8-4-5-9-18(17)26-14-19(24)22-11-16-10-20(25)23(13-16)12-15-6-2-1-3-7-15/h1-9,16H,10-14H2,(H,22,24). The Bertz CT molecular complexity index is 767. The van der Waals surface area contributed by atoms with Gasteiger partial charge in [0.15, 0.2) is 18.2 Å². The second-order valence-electron chi connectivity index (χ2n) is 6.35. The number of hydrogen-bond acceptors (Lipinski definition) is 3. The van der Waals surface area contributed by atoms with E-state index in [9.17, 15) is 14.0 Å². The van der Waals surface area contributed by atoms with E-state index in [1.807, 2.05) is 35.2 Å². The summed E-state index contributed by atoms with van der Waals surface area (Å²) in [5, 5.41) is 2.75. The van der Waals surface area contributed by atoms with Crippen LogP contribution in [-0.2, 0) is 16.1 Å². The summed E-state index contributed by atoms with van der Waals surface area (Å²) in [4.78, 5) is 25.8. The van der Waals surface area contributed by atoms with E-state index in [-0.39, 0.29) is 30.1 Å². The SMILES string of the molecule is O=C(COc1ccccc1F)NCC1CC(=O)N(Cc2ccccc2)C1. The van der Waals surface area contributed by atoms with Gasteiger partial charge in [-0.3, -0.25) is 9.59 Å². The zero-order valence-corrected chi connectivity index (χ0v) is 14.4. The topological polar surface area (TPSA) is 58.6 Å². The Morgan fingerprint density at radius 2 is 1.88 bits per heavy atom. The van der Waals surface area contributed by atoms with Crippen LogP contribution in [0.3, 0.4) is 0 Å². The maximum Gasteiger partial charge on any atom is 0.257 e. The van der Waals surface area contributed by atoms with Crippen LogP contribution in [0.4, 0.5) is 4.39 Å². The summed E-state index contributed by atoms with van der Waals surface area (Å²) in [5.74, 6) is -0.618. The molecule has 1 heterocycles. The normalized spacial score (nSPS) is 16.6. The Kier molecular flexibility index (Phi) is 5.84. The van der Waals surface area contributed by atoms with E-state index >= 15 is 0 Å². The highest BCUT2D eigenvalue weighted by Gasteiger charge is 2.29. The number of nitrogens with one attached hydrogen (secondary N) is 1. The molecule has 1 fully saturated rings. The fraction of sp³-hybridized carbons (Fsp3) is 0.300. The van der Waals surface area contributed by atoms with Gasteiger partial charge in [0.1, 0.15) is 0 Å². The van der Waals surface area contributed by atoms with E-state index in [0.29, 0.717) is 26.1 Å². The molecule has 1 atom stereocenters. The van der Waals surface area contributed by atoms with Crippen molar-refractivity contribution < 1.29 is 18.7 Å². The molecule has 1 aliphatic heterocycles. The minimum absolute atomic E-state index is 0.0488. The Balaban J connectivity index is 1.41. The lowest BCUT2D eigenvalue weighted by Gasteiger charge is -2.17. The van der Waals surface area contributed by atoms with Gasteiger partial charge >= 0.3 is 0 Å². The number of rotatable bonds is 7. The Labute approximate surface area is 151 Å². The van der Waals surface area contributed by atoms with Gasteiger partial charge in [0.2, 0.25) is 5.91 Å². The zero-order chi connectivity index (χ0) is 18.4. The number of amides is 2. The van der Waals surface area contributed by atoms with Gasteiger partial charge in [0, 0.05) is 32.0 Å². The van der Waals surface area contributed by atoms with Crippen molar-refractivity contribution in [1.29, 1.82) is 0 Å². The molecule has 2 aromatic carbocycles. The van der Waals surface area contributed by atoms with E-state index in [1.54, 1.807) is 12.1 Å². The Hall–Kier alpha value is -2.89. The quantitative estimate of drug-likeness (QED) is 0.829. The molecule has 0 radical (unpaired) electrons. The van der Waals surface area contributed by atoms with Crippen LogP contribution in [0.1, 0.15) is 12.0 Å². The monoisotopic (exact) mass is 356 g/mol. The number of carbonyl (C=O) groups is 2. The third-order valence-electron chi connectivity index (χ3n) is 4.29. The lowest BCUT2D eigenvalue weighted by atomic mass is 10.1. The van der Waals surface area contributed by atoms with Gasteiger partial charge < -0.3 is 15.0 Å². The van der Waals surface area contributed by atoms with Crippen LogP contribution in [0.15, 0.2) is 54.6 Å². The fourth-order valence-corrected chi connectivity index (χ4v) is 2.96. The van der Waals surface area contributed by atoms with Crippen molar-refractivity contribution in [2.24, 2.45) is 5.92 Å². The van der Waals surface area contributed by atoms with Crippen LogP contribution >= 0.6 is 0 Å². The van der Waals surface area contributed by atoms with Crippen molar-refractivity contribution in [2.45, 2.75) is 13.0 Å². The molecule has 0 spiro atoms. The van der Waals surface area contributed by atoms with Gasteiger partial charge in [-0.1, -0.05) is 42.5 Å². The summed E-state index contributed by atoms with van der Waals surface area (Å²) in [6, 6.07) is 15.8. The third-order valence-corrected chi connectivity index (χ3v) is 4.29. The van der Waals surface area contributed by atoms with Gasteiger partial charge in [-0.2, -0.15) is 0 Å². The molecular weight excluding hydrogens is 335 g/mol. The molecule has 136 valence electrons.